The van der Waals surface area contributed by atoms with Crippen LogP contribution in [0.25, 0.3) is 0 Å². The monoisotopic (exact) mass is 498 g/mol. The summed E-state index contributed by atoms with van der Waals surface area (Å²) in [6.07, 6.45) is 0.808. The number of anilines is 1. The van der Waals surface area contributed by atoms with Gasteiger partial charge in [-0.3, -0.25) is 9.59 Å². The van der Waals surface area contributed by atoms with E-state index in [0.717, 1.165) is 0 Å². The van der Waals surface area contributed by atoms with Gasteiger partial charge in [0, 0.05) is 18.7 Å². The first-order chi connectivity index (χ1) is 15.2. The average Bonchev–Trinajstić information content (AvgIpc) is 2.80. The van der Waals surface area contributed by atoms with Crippen molar-refractivity contribution in [1.29, 1.82) is 0 Å². The maximum atomic E-state index is 13.1. The maximum absolute atomic E-state index is 13.1. The van der Waals surface area contributed by atoms with Gasteiger partial charge in [-0.1, -0.05) is 41.4 Å². The van der Waals surface area contributed by atoms with Crippen LogP contribution < -0.4 is 5.32 Å². The molecule has 0 spiro atoms. The van der Waals surface area contributed by atoms with Crippen molar-refractivity contribution in [2.75, 3.05) is 31.6 Å². The summed E-state index contributed by atoms with van der Waals surface area (Å²) in [6, 6.07) is 11.0. The van der Waals surface area contributed by atoms with Crippen molar-refractivity contribution >= 4 is 50.7 Å². The molecule has 1 heterocycles. The molecular weight excluding hydrogens is 475 g/mol. The molecule has 0 aliphatic carbocycles. The van der Waals surface area contributed by atoms with Crippen LogP contribution in [0.4, 0.5) is 5.69 Å². The van der Waals surface area contributed by atoms with Crippen molar-refractivity contribution in [3.63, 3.8) is 0 Å². The lowest BCUT2D eigenvalue weighted by atomic mass is 9.98. The second-order valence-electron chi connectivity index (χ2n) is 7.34. The van der Waals surface area contributed by atoms with Crippen LogP contribution in [0.15, 0.2) is 47.4 Å². The van der Waals surface area contributed by atoms with Gasteiger partial charge in [0.05, 0.1) is 39.7 Å². The predicted octanol–water partition coefficient (Wildman–Crippen LogP) is 4.25. The van der Waals surface area contributed by atoms with Crippen molar-refractivity contribution in [2.45, 2.75) is 24.7 Å². The number of hydrogen-bond donors (Lipinski definition) is 1. The van der Waals surface area contributed by atoms with Gasteiger partial charge < -0.3 is 10.1 Å². The molecule has 1 N–H and O–H groups in total. The number of hydrogen-bond acceptors (Lipinski definition) is 6. The third kappa shape index (κ3) is 5.61. The molecule has 0 saturated carbocycles. The minimum atomic E-state index is -3.79. The van der Waals surface area contributed by atoms with E-state index in [0.29, 0.717) is 35.2 Å². The molecule has 2 aromatic carbocycles. The third-order valence-electron chi connectivity index (χ3n) is 5.26. The first-order valence-electron chi connectivity index (χ1n) is 10.2. The van der Waals surface area contributed by atoms with Crippen LogP contribution in [0.5, 0.6) is 0 Å². The highest BCUT2D eigenvalue weighted by Crippen LogP contribution is 2.29. The SMILES string of the molecule is CCOC(=O)C1CCN(S(=O)(=O)c2cccc(C(=O)CNc3cccc(Cl)c3Cl)c2)CC1. The van der Waals surface area contributed by atoms with Gasteiger partial charge in [0.15, 0.2) is 5.78 Å². The Bertz CT molecular complexity index is 1100. The van der Waals surface area contributed by atoms with Crippen molar-refractivity contribution in [2.24, 2.45) is 5.92 Å². The van der Waals surface area contributed by atoms with Gasteiger partial charge in [-0.2, -0.15) is 4.31 Å². The zero-order valence-corrected chi connectivity index (χ0v) is 19.8. The summed E-state index contributed by atoms with van der Waals surface area (Å²) < 4.78 is 32.5. The maximum Gasteiger partial charge on any atom is 0.309 e. The van der Waals surface area contributed by atoms with E-state index in [4.69, 9.17) is 27.9 Å². The lowest BCUT2D eigenvalue weighted by molar-refractivity contribution is -0.149. The molecule has 2 aromatic rings. The number of Topliss-reactive ketones (excluding diaryl/α,β-unsaturated/α-hetero) is 1. The molecular formula is C22H24Cl2N2O5S. The molecule has 172 valence electrons. The van der Waals surface area contributed by atoms with Gasteiger partial charge in [-0.05, 0) is 44.0 Å². The van der Waals surface area contributed by atoms with Gasteiger partial charge in [-0.15, -0.1) is 0 Å². The first-order valence-corrected chi connectivity index (χ1v) is 12.4. The molecule has 0 radical (unpaired) electrons. The molecule has 0 unspecified atom stereocenters. The van der Waals surface area contributed by atoms with E-state index in [1.807, 2.05) is 0 Å². The van der Waals surface area contributed by atoms with Gasteiger partial charge >= 0.3 is 5.97 Å². The fourth-order valence-electron chi connectivity index (χ4n) is 3.49. The lowest BCUT2D eigenvalue weighted by Crippen LogP contribution is -2.40. The summed E-state index contributed by atoms with van der Waals surface area (Å²) in [5.41, 5.74) is 0.777. The Hall–Kier alpha value is -2.13. The number of rotatable bonds is 8. The fourth-order valence-corrected chi connectivity index (χ4v) is 5.37. The van der Waals surface area contributed by atoms with Gasteiger partial charge in [0.1, 0.15) is 0 Å². The van der Waals surface area contributed by atoms with Crippen LogP contribution in [0.1, 0.15) is 30.1 Å². The molecule has 10 heteroatoms. The van der Waals surface area contributed by atoms with Gasteiger partial charge in [0.25, 0.3) is 0 Å². The quantitative estimate of drug-likeness (QED) is 0.431. The summed E-state index contributed by atoms with van der Waals surface area (Å²) in [6.45, 7) is 2.41. The number of sulfonamides is 1. The number of piperidine rings is 1. The molecule has 0 aromatic heterocycles. The number of ether oxygens (including phenoxy) is 1. The highest BCUT2D eigenvalue weighted by molar-refractivity contribution is 7.89. The van der Waals surface area contributed by atoms with E-state index in [1.54, 1.807) is 31.2 Å². The standard InChI is InChI=1S/C22H24Cl2N2O5S/c1-2-31-22(28)15-9-11-26(12-10-15)32(29,30)17-6-3-5-16(13-17)20(27)14-25-19-8-4-7-18(23)21(19)24/h3-8,13,15,25H,2,9-12,14H2,1H3. The fraction of sp³-hybridized carbons (Fsp3) is 0.364. The normalized spacial score (nSPS) is 15.3. The number of carbonyl (C=O) groups excluding carboxylic acids is 2. The first kappa shape index (κ1) is 24.5. The molecule has 7 nitrogen and oxygen atoms in total. The Labute approximate surface area is 197 Å². The summed E-state index contributed by atoms with van der Waals surface area (Å²) in [4.78, 5) is 24.6. The molecule has 1 aliphatic rings. The largest absolute Gasteiger partial charge is 0.466 e. The number of nitrogens with zero attached hydrogens (tertiary/aromatic N) is 1. The van der Waals surface area contributed by atoms with E-state index < -0.39 is 10.0 Å². The Morgan fingerprint density at radius 3 is 2.50 bits per heavy atom. The summed E-state index contributed by atoms with van der Waals surface area (Å²) in [7, 11) is -3.79. The van der Waals surface area contributed by atoms with Crippen LogP contribution in [-0.2, 0) is 19.6 Å². The number of halogens is 2. The summed E-state index contributed by atoms with van der Waals surface area (Å²) in [5.74, 6) is -0.873. The van der Waals surface area contributed by atoms with E-state index in [1.165, 1.54) is 22.5 Å². The second kappa shape index (κ2) is 10.7. The average molecular weight is 499 g/mol. The zero-order valence-electron chi connectivity index (χ0n) is 17.5. The van der Waals surface area contributed by atoms with Crippen molar-refractivity contribution in [3.05, 3.63) is 58.1 Å². The van der Waals surface area contributed by atoms with E-state index in [2.05, 4.69) is 5.32 Å². The van der Waals surface area contributed by atoms with Crippen LogP contribution in [0.2, 0.25) is 10.0 Å². The Balaban J connectivity index is 1.67. The number of nitrogens with one attached hydrogen (secondary N) is 1. The molecule has 1 saturated heterocycles. The number of esters is 1. The van der Waals surface area contributed by atoms with Crippen LogP contribution in [0, 0.1) is 5.92 Å². The van der Waals surface area contributed by atoms with Crippen molar-refractivity contribution in [3.8, 4) is 0 Å². The van der Waals surface area contributed by atoms with Gasteiger partial charge in [0.2, 0.25) is 10.0 Å². The molecule has 3 rings (SSSR count). The van der Waals surface area contributed by atoms with Gasteiger partial charge in [-0.25, -0.2) is 8.42 Å². The van der Waals surface area contributed by atoms with Crippen molar-refractivity contribution < 1.29 is 22.7 Å². The molecule has 1 aliphatic heterocycles. The predicted molar refractivity (Wildman–Crippen MR) is 124 cm³/mol. The second-order valence-corrected chi connectivity index (χ2v) is 10.1. The third-order valence-corrected chi connectivity index (χ3v) is 7.97. The highest BCUT2D eigenvalue weighted by Gasteiger charge is 2.33. The van der Waals surface area contributed by atoms with E-state index in [9.17, 15) is 18.0 Å². The number of carbonyl (C=O) groups is 2. The molecule has 0 bridgehead atoms. The van der Waals surface area contributed by atoms with Crippen LogP contribution in [0.3, 0.4) is 0 Å². The van der Waals surface area contributed by atoms with Crippen molar-refractivity contribution in [1.82, 2.24) is 4.31 Å². The minimum absolute atomic E-state index is 0.0405. The highest BCUT2D eigenvalue weighted by atomic mass is 35.5. The summed E-state index contributed by atoms with van der Waals surface area (Å²) >= 11 is 12.1. The molecule has 0 atom stereocenters. The van der Waals surface area contributed by atoms with E-state index in [-0.39, 0.29) is 47.8 Å². The molecule has 0 amide bonds. The van der Waals surface area contributed by atoms with Crippen LogP contribution in [-0.4, -0.2) is 50.7 Å². The van der Waals surface area contributed by atoms with E-state index >= 15 is 0 Å². The summed E-state index contributed by atoms with van der Waals surface area (Å²) in [5, 5.41) is 3.60. The Morgan fingerprint density at radius 2 is 1.81 bits per heavy atom. The topological polar surface area (TPSA) is 92.8 Å². The molecule has 32 heavy (non-hydrogen) atoms. The number of benzene rings is 2. The number of ketones is 1. The molecule has 1 fully saturated rings. The zero-order chi connectivity index (χ0) is 23.3. The lowest BCUT2D eigenvalue weighted by Gasteiger charge is -2.30. The smallest absolute Gasteiger partial charge is 0.309 e. The Morgan fingerprint density at radius 1 is 1.12 bits per heavy atom. The van der Waals surface area contributed by atoms with Crippen LogP contribution >= 0.6 is 23.2 Å². The Kier molecular flexibility index (Phi) is 8.16. The minimum Gasteiger partial charge on any atom is -0.466 e.